The number of thioether (sulfide) groups is 1. The summed E-state index contributed by atoms with van der Waals surface area (Å²) in [6.45, 7) is 2.40. The van der Waals surface area contributed by atoms with E-state index in [9.17, 15) is 14.0 Å². The predicted octanol–water partition coefficient (Wildman–Crippen LogP) is 3.50. The quantitative estimate of drug-likeness (QED) is 0.334. The Kier molecular flexibility index (Phi) is 8.02. The summed E-state index contributed by atoms with van der Waals surface area (Å²) in [6.07, 6.45) is 0. The highest BCUT2D eigenvalue weighted by Gasteiger charge is 2.23. The number of amides is 2. The zero-order valence-electron chi connectivity index (χ0n) is 21.2. The molecule has 0 spiro atoms. The Morgan fingerprint density at radius 1 is 1.00 bits per heavy atom. The van der Waals surface area contributed by atoms with Gasteiger partial charge in [-0.2, -0.15) is 4.68 Å². The number of ether oxygens (including phenoxy) is 1. The van der Waals surface area contributed by atoms with Crippen molar-refractivity contribution in [2.75, 3.05) is 49.3 Å². The molecule has 39 heavy (non-hydrogen) atoms. The van der Waals surface area contributed by atoms with Crippen molar-refractivity contribution in [2.24, 2.45) is 0 Å². The monoisotopic (exact) mass is 547 g/mol. The van der Waals surface area contributed by atoms with E-state index in [1.54, 1.807) is 24.1 Å². The van der Waals surface area contributed by atoms with Gasteiger partial charge in [0, 0.05) is 43.1 Å². The summed E-state index contributed by atoms with van der Waals surface area (Å²) >= 11 is 1.22. The number of methoxy groups -OCH3 is 1. The van der Waals surface area contributed by atoms with E-state index in [1.165, 1.54) is 28.6 Å². The molecule has 0 saturated carbocycles. The first-order chi connectivity index (χ1) is 19.0. The van der Waals surface area contributed by atoms with Crippen molar-refractivity contribution in [3.8, 4) is 11.4 Å². The second kappa shape index (κ2) is 11.9. The van der Waals surface area contributed by atoms with Crippen LogP contribution in [0.15, 0.2) is 78.0 Å². The van der Waals surface area contributed by atoms with Crippen molar-refractivity contribution < 1.29 is 18.7 Å². The van der Waals surface area contributed by atoms with Gasteiger partial charge in [0.05, 0.1) is 12.9 Å². The number of piperazine rings is 1. The lowest BCUT2D eigenvalue weighted by molar-refractivity contribution is -0.113. The fraction of sp³-hybridized carbons (Fsp3) is 0.222. The number of rotatable bonds is 8. The molecule has 0 bridgehead atoms. The van der Waals surface area contributed by atoms with Crippen LogP contribution in [-0.4, -0.2) is 76.0 Å². The highest BCUT2D eigenvalue weighted by atomic mass is 32.2. The third-order valence-electron chi connectivity index (χ3n) is 6.24. The Bertz CT molecular complexity index is 1460. The summed E-state index contributed by atoms with van der Waals surface area (Å²) in [7, 11) is 1.57. The lowest BCUT2D eigenvalue weighted by Crippen LogP contribution is -2.48. The first-order valence-corrected chi connectivity index (χ1v) is 13.2. The molecule has 1 aliphatic rings. The fourth-order valence-corrected chi connectivity index (χ4v) is 4.96. The van der Waals surface area contributed by atoms with Gasteiger partial charge in [0.1, 0.15) is 17.3 Å². The van der Waals surface area contributed by atoms with Crippen LogP contribution in [0.4, 0.5) is 15.8 Å². The molecule has 2 amide bonds. The van der Waals surface area contributed by atoms with Crippen LogP contribution in [-0.2, 0) is 4.79 Å². The molecule has 1 fully saturated rings. The second-order valence-electron chi connectivity index (χ2n) is 8.72. The fourth-order valence-electron chi connectivity index (χ4n) is 4.28. The minimum Gasteiger partial charge on any atom is -0.494 e. The summed E-state index contributed by atoms with van der Waals surface area (Å²) in [6, 6.07) is 20.7. The molecular formula is C27H26FN7O3S. The third kappa shape index (κ3) is 6.17. The van der Waals surface area contributed by atoms with Gasteiger partial charge in [-0.1, -0.05) is 30.0 Å². The van der Waals surface area contributed by atoms with Crippen LogP contribution in [0.25, 0.3) is 5.69 Å². The molecule has 2 heterocycles. The number of anilines is 2. The number of hydrogen-bond acceptors (Lipinski definition) is 8. The topological polar surface area (TPSA) is 105 Å². The van der Waals surface area contributed by atoms with E-state index in [0.29, 0.717) is 54.0 Å². The molecule has 0 atom stereocenters. The number of halogens is 1. The average molecular weight is 548 g/mol. The Hall–Kier alpha value is -4.45. The molecule has 12 heteroatoms. The second-order valence-corrected chi connectivity index (χ2v) is 9.66. The molecule has 0 unspecified atom stereocenters. The number of para-hydroxylation sites is 2. The molecule has 4 aromatic rings. The van der Waals surface area contributed by atoms with Gasteiger partial charge in [0.15, 0.2) is 0 Å². The van der Waals surface area contributed by atoms with Gasteiger partial charge in [-0.3, -0.25) is 9.59 Å². The standard InChI is InChI=1S/C27H26FN7O3S/c1-38-24-8-3-2-7-23(24)35-27(30-31-32-35)39-18-25(36)29-21-9-11-22(12-10-21)33-13-15-34(16-14-33)26(37)19-5-4-6-20(28)17-19/h2-12,17H,13-16,18H2,1H3,(H,29,36). The van der Waals surface area contributed by atoms with E-state index < -0.39 is 5.82 Å². The van der Waals surface area contributed by atoms with Crippen LogP contribution in [0.1, 0.15) is 10.4 Å². The lowest BCUT2D eigenvalue weighted by Gasteiger charge is -2.36. The number of benzene rings is 3. The zero-order chi connectivity index (χ0) is 27.2. The maximum absolute atomic E-state index is 13.5. The van der Waals surface area contributed by atoms with Crippen molar-refractivity contribution in [3.05, 3.63) is 84.2 Å². The van der Waals surface area contributed by atoms with Gasteiger partial charge in [-0.15, -0.1) is 5.10 Å². The molecule has 0 aliphatic carbocycles. The maximum Gasteiger partial charge on any atom is 0.254 e. The van der Waals surface area contributed by atoms with Crippen LogP contribution in [0.2, 0.25) is 0 Å². The average Bonchev–Trinajstić information content (AvgIpc) is 3.45. The Morgan fingerprint density at radius 3 is 2.51 bits per heavy atom. The predicted molar refractivity (Wildman–Crippen MR) is 146 cm³/mol. The van der Waals surface area contributed by atoms with E-state index in [4.69, 9.17) is 4.74 Å². The van der Waals surface area contributed by atoms with E-state index in [2.05, 4.69) is 25.7 Å². The number of nitrogens with zero attached hydrogens (tertiary/aromatic N) is 6. The van der Waals surface area contributed by atoms with Crippen molar-refractivity contribution in [3.63, 3.8) is 0 Å². The van der Waals surface area contributed by atoms with Crippen molar-refractivity contribution >= 4 is 35.0 Å². The molecule has 5 rings (SSSR count). The van der Waals surface area contributed by atoms with Crippen LogP contribution in [0, 0.1) is 5.82 Å². The molecule has 1 N–H and O–H groups in total. The zero-order valence-corrected chi connectivity index (χ0v) is 22.0. The normalized spacial score (nSPS) is 13.3. The largest absolute Gasteiger partial charge is 0.494 e. The SMILES string of the molecule is COc1ccccc1-n1nnnc1SCC(=O)Nc1ccc(N2CCN(C(=O)c3cccc(F)c3)CC2)cc1. The van der Waals surface area contributed by atoms with Gasteiger partial charge in [-0.05, 0) is 65.0 Å². The summed E-state index contributed by atoms with van der Waals surface area (Å²) in [5.41, 5.74) is 2.71. The van der Waals surface area contributed by atoms with Gasteiger partial charge in [0.25, 0.3) is 5.91 Å². The summed E-state index contributed by atoms with van der Waals surface area (Å²) in [5, 5.41) is 15.2. The summed E-state index contributed by atoms with van der Waals surface area (Å²) in [5.74, 6) is -0.0264. The van der Waals surface area contributed by atoms with E-state index in [0.717, 1.165) is 5.69 Å². The molecule has 1 aromatic heterocycles. The van der Waals surface area contributed by atoms with Gasteiger partial charge < -0.3 is 19.9 Å². The third-order valence-corrected chi connectivity index (χ3v) is 7.16. The molecular weight excluding hydrogens is 521 g/mol. The molecule has 1 aliphatic heterocycles. The van der Waals surface area contributed by atoms with Crippen LogP contribution in [0.5, 0.6) is 5.75 Å². The van der Waals surface area contributed by atoms with Crippen LogP contribution < -0.4 is 15.0 Å². The summed E-state index contributed by atoms with van der Waals surface area (Å²) < 4.78 is 20.4. The van der Waals surface area contributed by atoms with E-state index in [-0.39, 0.29) is 17.6 Å². The minimum atomic E-state index is -0.418. The van der Waals surface area contributed by atoms with Gasteiger partial charge in [-0.25, -0.2) is 4.39 Å². The number of hydrogen-bond donors (Lipinski definition) is 1. The lowest BCUT2D eigenvalue weighted by atomic mass is 10.1. The first-order valence-electron chi connectivity index (χ1n) is 12.3. The van der Waals surface area contributed by atoms with Crippen LogP contribution in [0.3, 0.4) is 0 Å². The molecule has 200 valence electrons. The highest BCUT2D eigenvalue weighted by Crippen LogP contribution is 2.26. The van der Waals surface area contributed by atoms with Crippen LogP contribution >= 0.6 is 11.8 Å². The Balaban J connectivity index is 1.12. The van der Waals surface area contributed by atoms with Gasteiger partial charge in [0.2, 0.25) is 11.1 Å². The Morgan fingerprint density at radius 2 is 1.77 bits per heavy atom. The minimum absolute atomic E-state index is 0.124. The van der Waals surface area contributed by atoms with Crippen molar-refractivity contribution in [1.29, 1.82) is 0 Å². The molecule has 10 nitrogen and oxygen atoms in total. The number of carbonyl (C=O) groups excluding carboxylic acids is 2. The van der Waals surface area contributed by atoms with Crippen molar-refractivity contribution in [2.45, 2.75) is 5.16 Å². The van der Waals surface area contributed by atoms with Crippen molar-refractivity contribution in [1.82, 2.24) is 25.1 Å². The van der Waals surface area contributed by atoms with Gasteiger partial charge >= 0.3 is 0 Å². The number of carbonyl (C=O) groups is 2. The van der Waals surface area contributed by atoms with E-state index >= 15 is 0 Å². The molecule has 0 radical (unpaired) electrons. The first kappa shape index (κ1) is 26.2. The number of aromatic nitrogens is 4. The Labute approximate surface area is 228 Å². The molecule has 3 aromatic carbocycles. The highest BCUT2D eigenvalue weighted by molar-refractivity contribution is 7.99. The maximum atomic E-state index is 13.5. The van der Waals surface area contributed by atoms with E-state index in [1.807, 2.05) is 48.5 Å². The number of tetrazole rings is 1. The number of nitrogens with one attached hydrogen (secondary N) is 1. The summed E-state index contributed by atoms with van der Waals surface area (Å²) in [4.78, 5) is 29.2. The molecule has 1 saturated heterocycles. The smallest absolute Gasteiger partial charge is 0.254 e.